The summed E-state index contributed by atoms with van der Waals surface area (Å²) in [5, 5.41) is 3.00. The number of halogens is 3. The van der Waals surface area contributed by atoms with Crippen LogP contribution in [0.3, 0.4) is 0 Å². The zero-order valence-electron chi connectivity index (χ0n) is 8.98. The summed E-state index contributed by atoms with van der Waals surface area (Å²) in [4.78, 5) is 0. The fourth-order valence-corrected chi connectivity index (χ4v) is 1.31. The monoisotopic (exact) mass is 239 g/mol. The first-order valence-electron chi connectivity index (χ1n) is 5.19. The van der Waals surface area contributed by atoms with Crippen LogP contribution in [-0.2, 0) is 9.47 Å². The van der Waals surface area contributed by atoms with Crippen molar-refractivity contribution >= 4 is 0 Å². The van der Waals surface area contributed by atoms with Crippen molar-refractivity contribution in [3.8, 4) is 0 Å². The van der Waals surface area contributed by atoms with E-state index in [0.717, 1.165) is 18.6 Å². The van der Waals surface area contributed by atoms with Crippen molar-refractivity contribution < 1.29 is 22.6 Å². The van der Waals surface area contributed by atoms with E-state index in [9.17, 15) is 13.2 Å². The summed E-state index contributed by atoms with van der Waals surface area (Å²) in [7, 11) is 0. The molecule has 0 saturated heterocycles. The summed E-state index contributed by atoms with van der Waals surface area (Å²) in [6, 6.07) is 0. The number of nitrogens with one attached hydrogen (secondary N) is 1. The van der Waals surface area contributed by atoms with Crippen molar-refractivity contribution in [2.24, 2.45) is 0 Å². The minimum absolute atomic E-state index is 0.0631. The molecule has 16 heavy (non-hydrogen) atoms. The Kier molecular flexibility index (Phi) is 5.79. The van der Waals surface area contributed by atoms with Crippen LogP contribution in [0.15, 0.2) is 11.6 Å². The van der Waals surface area contributed by atoms with Crippen LogP contribution < -0.4 is 5.32 Å². The molecule has 0 spiro atoms. The van der Waals surface area contributed by atoms with Crippen LogP contribution in [-0.4, -0.2) is 45.7 Å². The SMILES string of the molecule is FC(F)(F)COCCNCC1=CCCOC1. The molecule has 0 fully saturated rings. The van der Waals surface area contributed by atoms with E-state index in [4.69, 9.17) is 4.74 Å². The van der Waals surface area contributed by atoms with Gasteiger partial charge in [0.15, 0.2) is 0 Å². The third kappa shape index (κ3) is 6.81. The topological polar surface area (TPSA) is 30.5 Å². The Balaban J connectivity index is 1.94. The number of ether oxygens (including phenoxy) is 2. The molecule has 1 heterocycles. The molecular formula is C10H16F3NO2. The second kappa shape index (κ2) is 6.88. The van der Waals surface area contributed by atoms with E-state index in [1.807, 2.05) is 0 Å². The fraction of sp³-hybridized carbons (Fsp3) is 0.800. The Hall–Kier alpha value is -0.590. The predicted molar refractivity (Wildman–Crippen MR) is 53.3 cm³/mol. The average Bonchev–Trinajstić information content (AvgIpc) is 2.23. The van der Waals surface area contributed by atoms with Crippen LogP contribution in [0.25, 0.3) is 0 Å². The van der Waals surface area contributed by atoms with E-state index in [2.05, 4.69) is 16.1 Å². The first-order chi connectivity index (χ1) is 7.58. The molecule has 1 N–H and O–H groups in total. The van der Waals surface area contributed by atoms with Crippen LogP contribution >= 0.6 is 0 Å². The Morgan fingerprint density at radius 2 is 2.25 bits per heavy atom. The second-order valence-electron chi connectivity index (χ2n) is 3.55. The Bertz CT molecular complexity index is 229. The number of hydrogen-bond donors (Lipinski definition) is 1. The van der Waals surface area contributed by atoms with Crippen LogP contribution in [0.4, 0.5) is 13.2 Å². The molecule has 3 nitrogen and oxygen atoms in total. The van der Waals surface area contributed by atoms with Crippen LogP contribution in [0.1, 0.15) is 6.42 Å². The minimum Gasteiger partial charge on any atom is -0.377 e. The summed E-state index contributed by atoms with van der Waals surface area (Å²) in [6.07, 6.45) is -1.24. The van der Waals surface area contributed by atoms with Gasteiger partial charge in [-0.1, -0.05) is 6.08 Å². The van der Waals surface area contributed by atoms with Crippen molar-refractivity contribution in [1.29, 1.82) is 0 Å². The summed E-state index contributed by atoms with van der Waals surface area (Å²) in [6.45, 7) is 1.30. The molecule has 94 valence electrons. The maximum absolute atomic E-state index is 11.7. The average molecular weight is 239 g/mol. The quantitative estimate of drug-likeness (QED) is 0.563. The van der Waals surface area contributed by atoms with Crippen molar-refractivity contribution in [1.82, 2.24) is 5.32 Å². The molecule has 0 atom stereocenters. The molecule has 0 aromatic rings. The van der Waals surface area contributed by atoms with Crippen molar-refractivity contribution in [3.63, 3.8) is 0 Å². The van der Waals surface area contributed by atoms with Gasteiger partial charge in [-0.3, -0.25) is 0 Å². The molecule has 0 unspecified atom stereocenters. The van der Waals surface area contributed by atoms with Gasteiger partial charge in [-0.2, -0.15) is 13.2 Å². The molecule has 1 rings (SSSR count). The summed E-state index contributed by atoms with van der Waals surface area (Å²) < 4.78 is 44.7. The first-order valence-corrected chi connectivity index (χ1v) is 5.19. The molecule has 0 aliphatic carbocycles. The molecule has 0 radical (unpaired) electrons. The standard InChI is InChI=1S/C10H16F3NO2/c11-10(12,13)8-16-5-3-14-6-9-2-1-4-15-7-9/h2,14H,1,3-8H2. The molecule has 1 aliphatic heterocycles. The van der Waals surface area contributed by atoms with E-state index in [1.54, 1.807) is 0 Å². The Morgan fingerprint density at radius 3 is 2.88 bits per heavy atom. The molecule has 0 saturated carbocycles. The Morgan fingerprint density at radius 1 is 1.44 bits per heavy atom. The lowest BCUT2D eigenvalue weighted by molar-refractivity contribution is -0.173. The van der Waals surface area contributed by atoms with E-state index in [1.165, 1.54) is 0 Å². The highest BCUT2D eigenvalue weighted by molar-refractivity contribution is 5.06. The van der Waals surface area contributed by atoms with Gasteiger partial charge in [-0.05, 0) is 12.0 Å². The molecule has 6 heteroatoms. The van der Waals surface area contributed by atoms with E-state index < -0.39 is 12.8 Å². The zero-order valence-corrected chi connectivity index (χ0v) is 8.98. The second-order valence-corrected chi connectivity index (χ2v) is 3.55. The smallest absolute Gasteiger partial charge is 0.377 e. The van der Waals surface area contributed by atoms with E-state index in [-0.39, 0.29) is 6.61 Å². The maximum atomic E-state index is 11.7. The lowest BCUT2D eigenvalue weighted by Gasteiger charge is -2.14. The summed E-state index contributed by atoms with van der Waals surface area (Å²) in [5.74, 6) is 0. The van der Waals surface area contributed by atoms with Crippen molar-refractivity contribution in [2.45, 2.75) is 12.6 Å². The van der Waals surface area contributed by atoms with E-state index in [0.29, 0.717) is 19.7 Å². The molecule has 0 aromatic heterocycles. The highest BCUT2D eigenvalue weighted by Crippen LogP contribution is 2.13. The van der Waals surface area contributed by atoms with Gasteiger partial charge < -0.3 is 14.8 Å². The van der Waals surface area contributed by atoms with Gasteiger partial charge in [0.05, 0.1) is 19.8 Å². The fourth-order valence-electron chi connectivity index (χ4n) is 1.31. The van der Waals surface area contributed by atoms with Crippen LogP contribution in [0.2, 0.25) is 0 Å². The highest BCUT2D eigenvalue weighted by Gasteiger charge is 2.27. The van der Waals surface area contributed by atoms with Gasteiger partial charge in [-0.15, -0.1) is 0 Å². The lowest BCUT2D eigenvalue weighted by atomic mass is 10.2. The zero-order chi connectivity index (χ0) is 11.9. The largest absolute Gasteiger partial charge is 0.411 e. The van der Waals surface area contributed by atoms with Gasteiger partial charge in [0.1, 0.15) is 6.61 Å². The molecule has 0 aromatic carbocycles. The molecular weight excluding hydrogens is 223 g/mol. The van der Waals surface area contributed by atoms with Crippen molar-refractivity contribution in [2.75, 3.05) is 39.5 Å². The third-order valence-electron chi connectivity index (χ3n) is 2.02. The van der Waals surface area contributed by atoms with Gasteiger partial charge in [0, 0.05) is 13.1 Å². The summed E-state index contributed by atoms with van der Waals surface area (Å²) >= 11 is 0. The number of rotatable bonds is 6. The predicted octanol–water partition coefficient (Wildman–Crippen LogP) is 1.50. The molecule has 1 aliphatic rings. The molecule has 0 amide bonds. The normalized spacial score (nSPS) is 17.3. The first kappa shape index (κ1) is 13.5. The number of alkyl halides is 3. The van der Waals surface area contributed by atoms with Crippen LogP contribution in [0.5, 0.6) is 0 Å². The minimum atomic E-state index is -4.24. The van der Waals surface area contributed by atoms with Crippen LogP contribution in [0, 0.1) is 0 Å². The van der Waals surface area contributed by atoms with Gasteiger partial charge >= 0.3 is 6.18 Å². The summed E-state index contributed by atoms with van der Waals surface area (Å²) in [5.41, 5.74) is 1.14. The maximum Gasteiger partial charge on any atom is 0.411 e. The number of hydrogen-bond acceptors (Lipinski definition) is 3. The highest BCUT2D eigenvalue weighted by atomic mass is 19.4. The lowest BCUT2D eigenvalue weighted by Crippen LogP contribution is -2.26. The molecule has 0 bridgehead atoms. The third-order valence-corrected chi connectivity index (χ3v) is 2.02. The van der Waals surface area contributed by atoms with Gasteiger partial charge in [0.25, 0.3) is 0 Å². The Labute approximate surface area is 92.6 Å². The van der Waals surface area contributed by atoms with E-state index >= 15 is 0 Å². The van der Waals surface area contributed by atoms with Gasteiger partial charge in [0.2, 0.25) is 0 Å². The van der Waals surface area contributed by atoms with Crippen molar-refractivity contribution in [3.05, 3.63) is 11.6 Å². The van der Waals surface area contributed by atoms with Gasteiger partial charge in [-0.25, -0.2) is 0 Å².